The van der Waals surface area contributed by atoms with Gasteiger partial charge >= 0.3 is 0 Å². The number of benzene rings is 3. The van der Waals surface area contributed by atoms with Crippen molar-refractivity contribution in [3.8, 4) is 0 Å². The van der Waals surface area contributed by atoms with Crippen LogP contribution in [-0.2, 0) is 24.4 Å². The number of nitrogens with one attached hydrogen (secondary N) is 1. The summed E-state index contributed by atoms with van der Waals surface area (Å²) in [7, 11) is 1.64. The summed E-state index contributed by atoms with van der Waals surface area (Å²) in [5.41, 5.74) is 5.65. The molecule has 8 nitrogen and oxygen atoms in total. The number of nitrogens with zero attached hydrogens (tertiary/aromatic N) is 5. The minimum atomic E-state index is -0.539. The molecule has 5 aromatic rings. The maximum absolute atomic E-state index is 13.7. The van der Waals surface area contributed by atoms with Gasteiger partial charge in [0.15, 0.2) is 5.82 Å². The first kappa shape index (κ1) is 26.7. The molecular weight excluding hydrogens is 512 g/mol. The third-order valence-electron chi connectivity index (χ3n) is 6.99. The van der Waals surface area contributed by atoms with Crippen LogP contribution < -0.4 is 5.56 Å². The van der Waals surface area contributed by atoms with Gasteiger partial charge < -0.3 is 9.72 Å². The van der Waals surface area contributed by atoms with E-state index in [9.17, 15) is 4.79 Å². The standard InChI is InChI=1S/C30H31ClN6O2/c1-20-15-24-17-26(30(38)32-27(24)16-21(20)2)28(29-33-34-35-37(29)13-14-39-3)36(18-22-7-5-4-6-8-22)19-23-9-11-25(31)12-10-23/h4-12,15-17,28H,13-14,18-19H2,1-3H3,(H,32,38)/t28-/m0/s1. The summed E-state index contributed by atoms with van der Waals surface area (Å²) < 4.78 is 7.03. The van der Waals surface area contributed by atoms with E-state index in [-0.39, 0.29) is 5.56 Å². The number of tetrazole rings is 1. The second-order valence-electron chi connectivity index (χ2n) is 9.75. The Morgan fingerprint density at radius 2 is 1.67 bits per heavy atom. The largest absolute Gasteiger partial charge is 0.383 e. The number of hydrogen-bond donors (Lipinski definition) is 1. The predicted molar refractivity (Wildman–Crippen MR) is 153 cm³/mol. The monoisotopic (exact) mass is 542 g/mol. The fourth-order valence-corrected chi connectivity index (χ4v) is 4.95. The number of fused-ring (bicyclic) bond motifs is 1. The van der Waals surface area contributed by atoms with Gasteiger partial charge in [0, 0.05) is 36.3 Å². The lowest BCUT2D eigenvalue weighted by Crippen LogP contribution is -2.35. The Morgan fingerprint density at radius 1 is 0.974 bits per heavy atom. The van der Waals surface area contributed by atoms with E-state index in [0.29, 0.717) is 42.7 Å². The van der Waals surface area contributed by atoms with Crippen LogP contribution in [0, 0.1) is 13.8 Å². The Morgan fingerprint density at radius 3 is 2.38 bits per heavy atom. The Hall–Kier alpha value is -3.85. The second kappa shape index (κ2) is 11.9. The van der Waals surface area contributed by atoms with Crippen molar-refractivity contribution >= 4 is 22.5 Å². The van der Waals surface area contributed by atoms with Crippen molar-refractivity contribution in [3.63, 3.8) is 0 Å². The molecule has 0 fully saturated rings. The van der Waals surface area contributed by atoms with Gasteiger partial charge in [0.1, 0.15) is 6.04 Å². The molecule has 0 saturated heterocycles. The predicted octanol–water partition coefficient (Wildman–Crippen LogP) is 5.22. The van der Waals surface area contributed by atoms with Crippen molar-refractivity contribution in [2.45, 2.75) is 39.5 Å². The molecule has 0 spiro atoms. The Balaban J connectivity index is 1.69. The van der Waals surface area contributed by atoms with Crippen molar-refractivity contribution < 1.29 is 4.74 Å². The van der Waals surface area contributed by atoms with E-state index < -0.39 is 6.04 Å². The minimum Gasteiger partial charge on any atom is -0.383 e. The van der Waals surface area contributed by atoms with Crippen molar-refractivity contribution in [2.24, 2.45) is 0 Å². The van der Waals surface area contributed by atoms with E-state index in [4.69, 9.17) is 16.3 Å². The quantitative estimate of drug-likeness (QED) is 0.260. The van der Waals surface area contributed by atoms with Crippen LogP contribution in [0.3, 0.4) is 0 Å². The van der Waals surface area contributed by atoms with E-state index in [2.05, 4.69) is 50.5 Å². The molecule has 5 rings (SSSR count). The number of H-pyrrole nitrogens is 1. The number of pyridine rings is 1. The lowest BCUT2D eigenvalue weighted by atomic mass is 9.99. The minimum absolute atomic E-state index is 0.175. The number of rotatable bonds is 10. The van der Waals surface area contributed by atoms with Crippen LogP contribution in [0.4, 0.5) is 0 Å². The molecular formula is C30H31ClN6O2. The van der Waals surface area contributed by atoms with Crippen molar-refractivity contribution in [1.29, 1.82) is 0 Å². The Bertz CT molecular complexity index is 1610. The molecule has 0 aliphatic carbocycles. The zero-order valence-electron chi connectivity index (χ0n) is 22.3. The van der Waals surface area contributed by atoms with E-state index >= 15 is 0 Å². The number of aromatic nitrogens is 5. The molecule has 200 valence electrons. The van der Waals surface area contributed by atoms with Crippen LogP contribution in [0.15, 0.2) is 77.6 Å². The van der Waals surface area contributed by atoms with Gasteiger partial charge in [-0.15, -0.1) is 5.10 Å². The third kappa shape index (κ3) is 6.09. The SMILES string of the molecule is COCCn1nnnc1[C@H](c1cc2cc(C)c(C)cc2[nH]c1=O)N(Cc1ccccc1)Cc1ccc(Cl)cc1. The summed E-state index contributed by atoms with van der Waals surface area (Å²) in [4.78, 5) is 19.1. The number of halogens is 1. The summed E-state index contributed by atoms with van der Waals surface area (Å²) >= 11 is 6.19. The molecule has 2 heterocycles. The van der Waals surface area contributed by atoms with Crippen LogP contribution in [0.25, 0.3) is 10.9 Å². The van der Waals surface area contributed by atoms with E-state index in [1.54, 1.807) is 11.8 Å². The average Bonchev–Trinajstić information content (AvgIpc) is 3.39. The van der Waals surface area contributed by atoms with Gasteiger partial charge in [-0.2, -0.15) is 0 Å². The summed E-state index contributed by atoms with van der Waals surface area (Å²) in [6.07, 6.45) is 0. The molecule has 1 atom stereocenters. The topological polar surface area (TPSA) is 88.9 Å². The number of hydrogen-bond acceptors (Lipinski definition) is 6. The molecule has 0 radical (unpaired) electrons. The van der Waals surface area contributed by atoms with Gasteiger partial charge in [-0.25, -0.2) is 4.68 Å². The van der Waals surface area contributed by atoms with Crippen LogP contribution >= 0.6 is 11.6 Å². The van der Waals surface area contributed by atoms with E-state index in [0.717, 1.165) is 33.2 Å². The molecule has 3 aromatic carbocycles. The molecule has 0 amide bonds. The maximum atomic E-state index is 13.7. The average molecular weight is 543 g/mol. The second-order valence-corrected chi connectivity index (χ2v) is 10.2. The number of aromatic amines is 1. The summed E-state index contributed by atoms with van der Waals surface area (Å²) in [6.45, 7) is 6.12. The Labute approximate surface area is 232 Å². The zero-order chi connectivity index (χ0) is 27.4. The Kier molecular flexibility index (Phi) is 8.16. The molecule has 2 aromatic heterocycles. The summed E-state index contributed by atoms with van der Waals surface area (Å²) in [5.74, 6) is 0.575. The lowest BCUT2D eigenvalue weighted by Gasteiger charge is -2.31. The third-order valence-corrected chi connectivity index (χ3v) is 7.24. The first-order valence-corrected chi connectivity index (χ1v) is 13.2. The van der Waals surface area contributed by atoms with Gasteiger partial charge in [-0.05, 0) is 82.2 Å². The van der Waals surface area contributed by atoms with E-state index in [1.807, 2.05) is 61.5 Å². The highest BCUT2D eigenvalue weighted by atomic mass is 35.5. The van der Waals surface area contributed by atoms with Gasteiger partial charge in [0.05, 0.1) is 13.2 Å². The number of aryl methyl sites for hydroxylation is 2. The number of ether oxygens (including phenoxy) is 1. The van der Waals surface area contributed by atoms with Crippen LogP contribution in [0.2, 0.25) is 5.02 Å². The van der Waals surface area contributed by atoms with E-state index in [1.165, 1.54) is 0 Å². The van der Waals surface area contributed by atoms with Crippen LogP contribution in [0.1, 0.15) is 39.7 Å². The van der Waals surface area contributed by atoms with Gasteiger partial charge in [0.2, 0.25) is 0 Å². The molecule has 0 aliphatic heterocycles. The fraction of sp³-hybridized carbons (Fsp3) is 0.267. The van der Waals surface area contributed by atoms with Crippen LogP contribution in [-0.4, -0.2) is 43.8 Å². The maximum Gasteiger partial charge on any atom is 0.253 e. The molecule has 0 bridgehead atoms. The molecule has 1 N–H and O–H groups in total. The highest BCUT2D eigenvalue weighted by Gasteiger charge is 2.31. The lowest BCUT2D eigenvalue weighted by molar-refractivity contribution is 0.169. The van der Waals surface area contributed by atoms with Crippen molar-refractivity contribution in [1.82, 2.24) is 30.1 Å². The molecule has 0 saturated carbocycles. The molecule has 0 aliphatic rings. The number of methoxy groups -OCH3 is 1. The normalized spacial score (nSPS) is 12.3. The fourth-order valence-electron chi connectivity index (χ4n) is 4.82. The first-order valence-electron chi connectivity index (χ1n) is 12.8. The van der Waals surface area contributed by atoms with Crippen molar-refractivity contribution in [2.75, 3.05) is 13.7 Å². The first-order chi connectivity index (χ1) is 18.9. The summed E-state index contributed by atoms with van der Waals surface area (Å²) in [5, 5.41) is 14.3. The van der Waals surface area contributed by atoms with Crippen LogP contribution in [0.5, 0.6) is 0 Å². The molecule has 0 unspecified atom stereocenters. The van der Waals surface area contributed by atoms with Gasteiger partial charge in [-0.3, -0.25) is 9.69 Å². The highest BCUT2D eigenvalue weighted by Crippen LogP contribution is 2.31. The summed E-state index contributed by atoms with van der Waals surface area (Å²) in [6, 6.07) is 23.5. The highest BCUT2D eigenvalue weighted by molar-refractivity contribution is 6.30. The zero-order valence-corrected chi connectivity index (χ0v) is 23.0. The van der Waals surface area contributed by atoms with Gasteiger partial charge in [-0.1, -0.05) is 54.1 Å². The molecule has 9 heteroatoms. The smallest absolute Gasteiger partial charge is 0.253 e. The van der Waals surface area contributed by atoms with Gasteiger partial charge in [0.25, 0.3) is 5.56 Å². The molecule has 39 heavy (non-hydrogen) atoms. The van der Waals surface area contributed by atoms with Crippen molar-refractivity contribution in [3.05, 3.63) is 122 Å².